The Morgan fingerprint density at radius 3 is 1.80 bits per heavy atom. The zero-order valence-corrected chi connectivity index (χ0v) is 10.6. The van der Waals surface area contributed by atoms with E-state index in [9.17, 15) is 0 Å². The van der Waals surface area contributed by atoms with Gasteiger partial charge >= 0.3 is 0 Å². The Morgan fingerprint density at radius 1 is 0.600 bits per heavy atom. The monoisotopic (exact) mass is 206 g/mol. The van der Waals surface area contributed by atoms with Gasteiger partial charge in [0.05, 0.1) is 0 Å². The maximum atomic E-state index is 2.53. The molecule has 0 bridgehead atoms. The second-order valence-corrected chi connectivity index (χ2v) is 6.86. The minimum Gasteiger partial charge on any atom is -0.0622 e. The molecule has 0 aromatic rings. The highest BCUT2D eigenvalue weighted by molar-refractivity contribution is 5.00. The number of hydrogen-bond acceptors (Lipinski definition) is 0. The van der Waals surface area contributed by atoms with Crippen LogP contribution in [0.25, 0.3) is 0 Å². The van der Waals surface area contributed by atoms with E-state index in [-0.39, 0.29) is 0 Å². The maximum Gasteiger partial charge on any atom is -0.0349 e. The molecule has 3 aliphatic carbocycles. The van der Waals surface area contributed by atoms with E-state index in [1.165, 1.54) is 6.42 Å². The molecule has 0 radical (unpaired) electrons. The number of rotatable bonds is 1. The van der Waals surface area contributed by atoms with Crippen LogP contribution in [-0.2, 0) is 0 Å². The summed E-state index contributed by atoms with van der Waals surface area (Å²) in [6, 6.07) is 0. The van der Waals surface area contributed by atoms with Gasteiger partial charge in [-0.3, -0.25) is 0 Å². The molecule has 3 saturated carbocycles. The van der Waals surface area contributed by atoms with Crippen molar-refractivity contribution in [1.82, 2.24) is 0 Å². The minimum absolute atomic E-state index is 1.01. The van der Waals surface area contributed by atoms with E-state index < -0.39 is 0 Å². The standard InChI is InChI=1S/C15H26/c1-9-4-5-13(11(9)3)14-7-6-12-10(2)8-15(12)14/h9-15H,4-8H2,1-3H3. The first kappa shape index (κ1) is 10.2. The van der Waals surface area contributed by atoms with Crippen molar-refractivity contribution in [2.45, 2.75) is 52.9 Å². The Morgan fingerprint density at radius 2 is 1.27 bits per heavy atom. The summed E-state index contributed by atoms with van der Waals surface area (Å²) in [5.41, 5.74) is 0. The fourth-order valence-electron chi connectivity index (χ4n) is 5.13. The van der Waals surface area contributed by atoms with E-state index in [1.807, 2.05) is 0 Å². The molecule has 7 unspecified atom stereocenters. The highest BCUT2D eigenvalue weighted by atomic mass is 14.6. The quantitative estimate of drug-likeness (QED) is 0.598. The summed E-state index contributed by atoms with van der Waals surface area (Å²) in [7, 11) is 0. The zero-order valence-electron chi connectivity index (χ0n) is 10.6. The van der Waals surface area contributed by atoms with E-state index in [2.05, 4.69) is 20.8 Å². The molecule has 0 aliphatic heterocycles. The van der Waals surface area contributed by atoms with Crippen LogP contribution in [0.2, 0.25) is 0 Å². The van der Waals surface area contributed by atoms with Gasteiger partial charge in [-0.1, -0.05) is 27.2 Å². The Kier molecular flexibility index (Phi) is 2.37. The highest BCUT2D eigenvalue weighted by Gasteiger charge is 2.51. The van der Waals surface area contributed by atoms with Gasteiger partial charge in [0, 0.05) is 0 Å². The Balaban J connectivity index is 1.69. The molecule has 0 spiro atoms. The molecule has 0 heterocycles. The summed E-state index contributed by atoms with van der Waals surface area (Å²) in [5.74, 6) is 7.61. The molecule has 86 valence electrons. The molecule has 3 rings (SSSR count). The predicted octanol–water partition coefficient (Wildman–Crippen LogP) is 4.35. The third-order valence-corrected chi connectivity index (χ3v) is 6.39. The molecule has 0 saturated heterocycles. The van der Waals surface area contributed by atoms with Gasteiger partial charge in [-0.15, -0.1) is 0 Å². The molecule has 15 heavy (non-hydrogen) atoms. The Hall–Kier alpha value is 0. The van der Waals surface area contributed by atoms with Gasteiger partial charge in [0.2, 0.25) is 0 Å². The van der Waals surface area contributed by atoms with Gasteiger partial charge in [-0.05, 0) is 67.1 Å². The van der Waals surface area contributed by atoms with Crippen LogP contribution in [0.15, 0.2) is 0 Å². The van der Waals surface area contributed by atoms with Gasteiger partial charge in [-0.2, -0.15) is 0 Å². The smallest absolute Gasteiger partial charge is 0.0349 e. The van der Waals surface area contributed by atoms with Crippen molar-refractivity contribution in [3.05, 3.63) is 0 Å². The SMILES string of the molecule is CC1CCC(C2CCC3C(C)CC32)C1C. The third kappa shape index (κ3) is 1.40. The van der Waals surface area contributed by atoms with Crippen molar-refractivity contribution in [2.24, 2.45) is 41.4 Å². The van der Waals surface area contributed by atoms with Crippen LogP contribution in [0.3, 0.4) is 0 Å². The summed E-state index contributed by atoms with van der Waals surface area (Å²) >= 11 is 0. The first-order valence-electron chi connectivity index (χ1n) is 7.18. The van der Waals surface area contributed by atoms with Crippen LogP contribution < -0.4 is 0 Å². The van der Waals surface area contributed by atoms with Crippen molar-refractivity contribution in [1.29, 1.82) is 0 Å². The molecule has 0 aromatic heterocycles. The Bertz CT molecular complexity index is 244. The molecule has 3 fully saturated rings. The van der Waals surface area contributed by atoms with Crippen molar-refractivity contribution in [2.75, 3.05) is 0 Å². The van der Waals surface area contributed by atoms with Crippen LogP contribution in [0, 0.1) is 41.4 Å². The fraction of sp³-hybridized carbons (Fsp3) is 1.00. The normalized spacial score (nSPS) is 59.0. The third-order valence-electron chi connectivity index (χ3n) is 6.39. The number of hydrogen-bond donors (Lipinski definition) is 0. The van der Waals surface area contributed by atoms with Gasteiger partial charge < -0.3 is 0 Å². The summed E-state index contributed by atoms with van der Waals surface area (Å²) in [4.78, 5) is 0. The second kappa shape index (κ2) is 3.50. The van der Waals surface area contributed by atoms with Crippen LogP contribution >= 0.6 is 0 Å². The summed E-state index contributed by atoms with van der Waals surface area (Å²) < 4.78 is 0. The first-order valence-corrected chi connectivity index (χ1v) is 7.18. The van der Waals surface area contributed by atoms with E-state index in [4.69, 9.17) is 0 Å². The van der Waals surface area contributed by atoms with Crippen LogP contribution in [-0.4, -0.2) is 0 Å². The number of fused-ring (bicyclic) bond motifs is 1. The fourth-order valence-corrected chi connectivity index (χ4v) is 5.13. The van der Waals surface area contributed by atoms with Crippen LogP contribution in [0.5, 0.6) is 0 Å². The molecular formula is C15H26. The molecule has 3 aliphatic rings. The van der Waals surface area contributed by atoms with E-state index in [1.54, 1.807) is 25.7 Å². The lowest BCUT2D eigenvalue weighted by Gasteiger charge is -2.43. The van der Waals surface area contributed by atoms with Gasteiger partial charge in [0.25, 0.3) is 0 Å². The van der Waals surface area contributed by atoms with Crippen molar-refractivity contribution >= 4 is 0 Å². The molecular weight excluding hydrogens is 180 g/mol. The summed E-state index contributed by atoms with van der Waals surface area (Å²) in [6.07, 6.45) is 7.75. The lowest BCUT2D eigenvalue weighted by atomic mass is 9.62. The van der Waals surface area contributed by atoms with E-state index in [0.29, 0.717) is 0 Å². The van der Waals surface area contributed by atoms with Crippen molar-refractivity contribution < 1.29 is 0 Å². The summed E-state index contributed by atoms with van der Waals surface area (Å²) in [5, 5.41) is 0. The highest BCUT2D eigenvalue weighted by Crippen LogP contribution is 2.59. The molecule has 0 aromatic carbocycles. The molecule has 0 heteroatoms. The van der Waals surface area contributed by atoms with Crippen LogP contribution in [0.4, 0.5) is 0 Å². The minimum atomic E-state index is 1.01. The molecule has 0 nitrogen and oxygen atoms in total. The average molecular weight is 206 g/mol. The van der Waals surface area contributed by atoms with E-state index >= 15 is 0 Å². The molecule has 7 atom stereocenters. The van der Waals surface area contributed by atoms with Gasteiger partial charge in [0.15, 0.2) is 0 Å². The largest absolute Gasteiger partial charge is 0.0622 e. The van der Waals surface area contributed by atoms with Crippen molar-refractivity contribution in [3.8, 4) is 0 Å². The average Bonchev–Trinajstić information content (AvgIpc) is 2.69. The molecule has 0 amide bonds. The topological polar surface area (TPSA) is 0 Å². The van der Waals surface area contributed by atoms with E-state index in [0.717, 1.165) is 41.4 Å². The summed E-state index contributed by atoms with van der Waals surface area (Å²) in [6.45, 7) is 7.47. The van der Waals surface area contributed by atoms with Gasteiger partial charge in [0.1, 0.15) is 0 Å². The lowest BCUT2D eigenvalue weighted by molar-refractivity contribution is 0.0553. The first-order chi connectivity index (χ1) is 7.18. The van der Waals surface area contributed by atoms with Crippen LogP contribution in [0.1, 0.15) is 52.9 Å². The maximum absolute atomic E-state index is 2.53. The Labute approximate surface area is 94.8 Å². The van der Waals surface area contributed by atoms with Crippen molar-refractivity contribution in [3.63, 3.8) is 0 Å². The predicted molar refractivity (Wildman–Crippen MR) is 64.5 cm³/mol. The lowest BCUT2D eigenvalue weighted by Crippen LogP contribution is -2.36. The zero-order chi connectivity index (χ0) is 10.6. The van der Waals surface area contributed by atoms with Gasteiger partial charge in [-0.25, -0.2) is 0 Å². The molecule has 0 N–H and O–H groups in total. The second-order valence-electron chi connectivity index (χ2n) is 6.86.